The van der Waals surface area contributed by atoms with Crippen molar-refractivity contribution >= 4 is 25.3 Å². The second-order valence-electron chi connectivity index (χ2n) is 2.04. The normalized spacial score (nSPS) is 23.6. The zero-order valence-corrected chi connectivity index (χ0v) is 6.57. The fourth-order valence-electron chi connectivity index (χ4n) is 0.610. The zero-order valence-electron chi connectivity index (χ0n) is 4.78. The highest BCUT2D eigenvalue weighted by molar-refractivity contribution is 8.00. The largest absolute Gasteiger partial charge is 0.508 e. The molecule has 0 aliphatic heterocycles. The Hall–Kier alpha value is -0.0200. The number of thiol groups is 2. The van der Waals surface area contributed by atoms with Crippen LogP contribution in [0, 0.1) is 0 Å². The molecule has 1 aliphatic carbocycles. The number of aliphatic hydroxyl groups excluding tert-OH is 1. The van der Waals surface area contributed by atoms with Gasteiger partial charge in [-0.05, 0) is 18.6 Å². The Balaban J connectivity index is 2.70. The molecule has 0 radical (unpaired) electrons. The third-order valence-corrected chi connectivity index (χ3v) is 1.80. The van der Waals surface area contributed by atoms with Crippen LogP contribution in [-0.2, 0) is 0 Å². The molecule has 1 N–H and O–H groups in total. The van der Waals surface area contributed by atoms with Gasteiger partial charge in [0.05, 0.1) is 4.08 Å². The molecule has 0 saturated carbocycles. The summed E-state index contributed by atoms with van der Waals surface area (Å²) in [6.45, 7) is 0. The molecule has 0 unspecified atom stereocenters. The minimum Gasteiger partial charge on any atom is -0.508 e. The van der Waals surface area contributed by atoms with Crippen molar-refractivity contribution in [1.29, 1.82) is 0 Å². The van der Waals surface area contributed by atoms with Crippen molar-refractivity contribution < 1.29 is 5.11 Å². The SMILES string of the molecule is OC1=CCC(S)(S)C=C1. The maximum Gasteiger partial charge on any atom is 0.111 e. The molecule has 50 valence electrons. The molecule has 0 spiro atoms. The van der Waals surface area contributed by atoms with Crippen molar-refractivity contribution in [1.82, 2.24) is 0 Å². The van der Waals surface area contributed by atoms with Gasteiger partial charge >= 0.3 is 0 Å². The van der Waals surface area contributed by atoms with E-state index >= 15 is 0 Å². The first-order valence-electron chi connectivity index (χ1n) is 2.63. The molecular formula is C6H8OS2. The van der Waals surface area contributed by atoms with Crippen LogP contribution in [-0.4, -0.2) is 9.19 Å². The first kappa shape index (κ1) is 7.09. The van der Waals surface area contributed by atoms with E-state index < -0.39 is 0 Å². The average molecular weight is 160 g/mol. The monoisotopic (exact) mass is 160 g/mol. The van der Waals surface area contributed by atoms with Crippen molar-refractivity contribution in [2.45, 2.75) is 10.5 Å². The standard InChI is InChI=1S/C6H8OS2/c7-5-1-3-6(8,9)4-2-5/h1-3,7-9H,4H2. The fourth-order valence-corrected chi connectivity index (χ4v) is 0.941. The van der Waals surface area contributed by atoms with E-state index in [4.69, 9.17) is 5.11 Å². The van der Waals surface area contributed by atoms with Crippen LogP contribution in [0.25, 0.3) is 0 Å². The molecule has 0 atom stereocenters. The molecule has 9 heavy (non-hydrogen) atoms. The minimum atomic E-state index is -0.369. The number of hydrogen-bond acceptors (Lipinski definition) is 3. The number of rotatable bonds is 0. The van der Waals surface area contributed by atoms with Crippen molar-refractivity contribution in [2.24, 2.45) is 0 Å². The Kier molecular flexibility index (Phi) is 1.82. The molecule has 1 rings (SSSR count). The zero-order chi connectivity index (χ0) is 6.91. The summed E-state index contributed by atoms with van der Waals surface area (Å²) in [7, 11) is 0. The van der Waals surface area contributed by atoms with Crippen molar-refractivity contribution in [3.63, 3.8) is 0 Å². The van der Waals surface area contributed by atoms with E-state index in [1.165, 1.54) is 0 Å². The second-order valence-corrected chi connectivity index (χ2v) is 3.99. The second kappa shape index (κ2) is 2.31. The molecule has 1 aliphatic rings. The van der Waals surface area contributed by atoms with Crippen LogP contribution in [0.15, 0.2) is 24.0 Å². The van der Waals surface area contributed by atoms with Gasteiger partial charge in [-0.3, -0.25) is 0 Å². The Morgan fingerprint density at radius 2 is 2.22 bits per heavy atom. The first-order valence-corrected chi connectivity index (χ1v) is 3.53. The van der Waals surface area contributed by atoms with Gasteiger partial charge in [0.2, 0.25) is 0 Å². The van der Waals surface area contributed by atoms with Crippen LogP contribution in [0.4, 0.5) is 0 Å². The molecule has 0 aromatic heterocycles. The van der Waals surface area contributed by atoms with Crippen LogP contribution in [0.1, 0.15) is 6.42 Å². The van der Waals surface area contributed by atoms with Crippen LogP contribution in [0.2, 0.25) is 0 Å². The molecule has 1 nitrogen and oxygen atoms in total. The van der Waals surface area contributed by atoms with Gasteiger partial charge in [-0.1, -0.05) is 6.08 Å². The van der Waals surface area contributed by atoms with Crippen molar-refractivity contribution in [3.8, 4) is 0 Å². The summed E-state index contributed by atoms with van der Waals surface area (Å²) in [5.74, 6) is 0.300. The smallest absolute Gasteiger partial charge is 0.111 e. The lowest BCUT2D eigenvalue weighted by atomic mass is 10.1. The summed E-state index contributed by atoms with van der Waals surface area (Å²) in [4.78, 5) is 0. The Morgan fingerprint density at radius 3 is 2.56 bits per heavy atom. The maximum atomic E-state index is 8.85. The molecule has 0 amide bonds. The minimum absolute atomic E-state index is 0.300. The summed E-state index contributed by atoms with van der Waals surface area (Å²) >= 11 is 8.36. The predicted octanol–water partition coefficient (Wildman–Crippen LogP) is 1.94. The van der Waals surface area contributed by atoms with E-state index in [1.807, 2.05) is 0 Å². The molecule has 3 heteroatoms. The number of hydrogen-bond donors (Lipinski definition) is 3. The summed E-state index contributed by atoms with van der Waals surface area (Å²) in [5.41, 5.74) is 0. The van der Waals surface area contributed by atoms with Gasteiger partial charge in [-0.15, -0.1) is 0 Å². The van der Waals surface area contributed by atoms with Gasteiger partial charge in [0.15, 0.2) is 0 Å². The van der Waals surface area contributed by atoms with Crippen LogP contribution in [0.5, 0.6) is 0 Å². The van der Waals surface area contributed by atoms with Gasteiger partial charge in [-0.2, -0.15) is 25.3 Å². The Morgan fingerprint density at radius 1 is 1.56 bits per heavy atom. The Bertz CT molecular complexity index is 170. The summed E-state index contributed by atoms with van der Waals surface area (Å²) < 4.78 is -0.369. The van der Waals surface area contributed by atoms with E-state index in [0.29, 0.717) is 12.2 Å². The fraction of sp³-hybridized carbons (Fsp3) is 0.333. The van der Waals surface area contributed by atoms with Gasteiger partial charge in [0.25, 0.3) is 0 Å². The average Bonchev–Trinajstić information content (AvgIpc) is 1.78. The quantitative estimate of drug-likeness (QED) is 0.365. The van der Waals surface area contributed by atoms with Gasteiger partial charge in [0, 0.05) is 0 Å². The number of aliphatic hydroxyl groups is 1. The first-order chi connectivity index (χ1) is 4.10. The van der Waals surface area contributed by atoms with E-state index in [-0.39, 0.29) is 4.08 Å². The predicted molar refractivity (Wildman–Crippen MR) is 45.2 cm³/mol. The lowest BCUT2D eigenvalue weighted by molar-refractivity contribution is 0.426. The number of allylic oxidation sites excluding steroid dienone is 2. The lowest BCUT2D eigenvalue weighted by Crippen LogP contribution is -2.10. The molecule has 0 saturated heterocycles. The Labute approximate surface area is 65.3 Å². The third kappa shape index (κ3) is 1.99. The molecule has 0 heterocycles. The van der Waals surface area contributed by atoms with Crippen LogP contribution < -0.4 is 0 Å². The maximum absolute atomic E-state index is 8.85. The highest BCUT2D eigenvalue weighted by atomic mass is 32.2. The van der Waals surface area contributed by atoms with E-state index in [2.05, 4.69) is 25.3 Å². The van der Waals surface area contributed by atoms with Crippen molar-refractivity contribution in [3.05, 3.63) is 24.0 Å². The molecular weight excluding hydrogens is 152 g/mol. The summed E-state index contributed by atoms with van der Waals surface area (Å²) in [5, 5.41) is 8.85. The van der Waals surface area contributed by atoms with Crippen LogP contribution >= 0.6 is 25.3 Å². The van der Waals surface area contributed by atoms with Crippen LogP contribution in [0.3, 0.4) is 0 Å². The molecule has 0 fully saturated rings. The van der Waals surface area contributed by atoms with E-state index in [9.17, 15) is 0 Å². The van der Waals surface area contributed by atoms with Gasteiger partial charge in [0.1, 0.15) is 5.76 Å². The summed E-state index contributed by atoms with van der Waals surface area (Å²) in [6, 6.07) is 0. The summed E-state index contributed by atoms with van der Waals surface area (Å²) in [6.07, 6.45) is 5.72. The van der Waals surface area contributed by atoms with E-state index in [1.54, 1.807) is 18.2 Å². The highest BCUT2D eigenvalue weighted by Crippen LogP contribution is 2.29. The lowest BCUT2D eigenvalue weighted by Gasteiger charge is -2.18. The van der Waals surface area contributed by atoms with Gasteiger partial charge in [-0.25, -0.2) is 0 Å². The molecule has 0 aromatic rings. The van der Waals surface area contributed by atoms with Crippen molar-refractivity contribution in [2.75, 3.05) is 0 Å². The third-order valence-electron chi connectivity index (χ3n) is 1.13. The van der Waals surface area contributed by atoms with E-state index in [0.717, 1.165) is 0 Å². The molecule has 0 aromatic carbocycles. The van der Waals surface area contributed by atoms with Gasteiger partial charge < -0.3 is 5.11 Å². The highest BCUT2D eigenvalue weighted by Gasteiger charge is 2.17. The topological polar surface area (TPSA) is 20.2 Å². The molecule has 0 bridgehead atoms.